The zero-order valence-electron chi connectivity index (χ0n) is 6.65. The molecule has 0 saturated heterocycles. The number of hydrogen-bond acceptors (Lipinski definition) is 1. The molecule has 0 saturated carbocycles. The summed E-state index contributed by atoms with van der Waals surface area (Å²) < 4.78 is 3.29. The number of rotatable bonds is 1. The van der Waals surface area contributed by atoms with Crippen LogP contribution in [0.4, 0.5) is 0 Å². The van der Waals surface area contributed by atoms with Crippen LogP contribution in [-0.4, -0.2) is 3.98 Å². The van der Waals surface area contributed by atoms with Gasteiger partial charge in [-0.3, -0.25) is 0 Å². The fraction of sp³-hybridized carbons (Fsp3) is 0.250. The van der Waals surface area contributed by atoms with Crippen molar-refractivity contribution >= 4 is 46.4 Å². The molecule has 0 aromatic heterocycles. The summed E-state index contributed by atoms with van der Waals surface area (Å²) in [4.78, 5) is 0. The Morgan fingerprint density at radius 2 is 1.85 bits per heavy atom. The molecule has 13 heavy (non-hydrogen) atoms. The van der Waals surface area contributed by atoms with Gasteiger partial charge in [0.1, 0.15) is 5.75 Å². The van der Waals surface area contributed by atoms with E-state index in [2.05, 4.69) is 0 Å². The smallest absolute Gasteiger partial charge is 0.338 e. The van der Waals surface area contributed by atoms with E-state index in [1.165, 1.54) is 0 Å². The lowest BCUT2D eigenvalue weighted by Crippen LogP contribution is -2.13. The van der Waals surface area contributed by atoms with Crippen molar-refractivity contribution in [1.29, 1.82) is 0 Å². The Morgan fingerprint density at radius 3 is 2.31 bits per heavy atom. The van der Waals surface area contributed by atoms with Crippen molar-refractivity contribution in [3.63, 3.8) is 0 Å². The van der Waals surface area contributed by atoms with E-state index in [1.54, 1.807) is 18.2 Å². The van der Waals surface area contributed by atoms with Crippen molar-refractivity contribution in [3.8, 4) is 5.75 Å². The lowest BCUT2D eigenvalue weighted by atomic mass is 10.2. The highest BCUT2D eigenvalue weighted by Crippen LogP contribution is 2.32. The predicted molar refractivity (Wildman–Crippen MR) is 57.1 cm³/mol. The van der Waals surface area contributed by atoms with Crippen LogP contribution in [0.2, 0.25) is 5.02 Å². The standard InChI is InChI=1S/C8H6Cl4O/c1-5-4-6(9)2-3-7(5)13-8(10,11)12/h2-4H,1H3. The molecule has 0 aliphatic heterocycles. The summed E-state index contributed by atoms with van der Waals surface area (Å²) >= 11 is 22.1. The average molecular weight is 260 g/mol. The van der Waals surface area contributed by atoms with Gasteiger partial charge in [0.25, 0.3) is 0 Å². The number of halogens is 4. The SMILES string of the molecule is Cc1cc(Cl)ccc1OC(Cl)(Cl)Cl. The minimum absolute atomic E-state index is 0.504. The first-order chi connectivity index (χ1) is 5.88. The Morgan fingerprint density at radius 1 is 1.23 bits per heavy atom. The molecule has 0 heterocycles. The van der Waals surface area contributed by atoms with Gasteiger partial charge in [0.05, 0.1) is 0 Å². The molecule has 1 rings (SSSR count). The Labute approximate surface area is 96.5 Å². The summed E-state index contributed by atoms with van der Waals surface area (Å²) in [6.45, 7) is 1.82. The molecule has 0 bridgehead atoms. The highest BCUT2D eigenvalue weighted by atomic mass is 35.6. The third-order valence-corrected chi connectivity index (χ3v) is 1.83. The highest BCUT2D eigenvalue weighted by molar-refractivity contribution is 6.66. The second-order valence-electron chi connectivity index (χ2n) is 2.46. The number of ether oxygens (including phenoxy) is 1. The largest absolute Gasteiger partial charge is 0.445 e. The lowest BCUT2D eigenvalue weighted by Gasteiger charge is -2.15. The van der Waals surface area contributed by atoms with Crippen LogP contribution >= 0.6 is 46.4 Å². The number of benzene rings is 1. The molecule has 0 radical (unpaired) electrons. The van der Waals surface area contributed by atoms with Crippen LogP contribution in [0.15, 0.2) is 18.2 Å². The van der Waals surface area contributed by atoms with Gasteiger partial charge >= 0.3 is 3.98 Å². The van der Waals surface area contributed by atoms with Crippen molar-refractivity contribution in [2.24, 2.45) is 0 Å². The van der Waals surface area contributed by atoms with Gasteiger partial charge in [-0.15, -0.1) is 0 Å². The van der Waals surface area contributed by atoms with E-state index in [9.17, 15) is 0 Å². The maximum atomic E-state index is 5.73. The van der Waals surface area contributed by atoms with Crippen molar-refractivity contribution in [1.82, 2.24) is 0 Å². The van der Waals surface area contributed by atoms with Crippen LogP contribution in [-0.2, 0) is 0 Å². The van der Waals surface area contributed by atoms with E-state index in [-0.39, 0.29) is 0 Å². The van der Waals surface area contributed by atoms with E-state index in [0.29, 0.717) is 10.8 Å². The van der Waals surface area contributed by atoms with Crippen molar-refractivity contribution in [2.45, 2.75) is 10.9 Å². The Bertz CT molecular complexity index is 306. The average Bonchev–Trinajstić information content (AvgIpc) is 1.93. The molecule has 0 spiro atoms. The Kier molecular flexibility index (Phi) is 3.58. The van der Waals surface area contributed by atoms with Gasteiger partial charge in [0.2, 0.25) is 0 Å². The van der Waals surface area contributed by atoms with Crippen LogP contribution in [0.1, 0.15) is 5.56 Å². The monoisotopic (exact) mass is 258 g/mol. The maximum Gasteiger partial charge on any atom is 0.338 e. The van der Waals surface area contributed by atoms with Gasteiger partial charge < -0.3 is 4.74 Å². The third-order valence-electron chi connectivity index (χ3n) is 1.36. The van der Waals surface area contributed by atoms with E-state index in [4.69, 9.17) is 51.1 Å². The van der Waals surface area contributed by atoms with Crippen molar-refractivity contribution in [3.05, 3.63) is 28.8 Å². The molecule has 0 aliphatic rings. The molecule has 0 atom stereocenters. The van der Waals surface area contributed by atoms with E-state index >= 15 is 0 Å². The third kappa shape index (κ3) is 3.82. The molecule has 5 heteroatoms. The first-order valence-electron chi connectivity index (χ1n) is 3.40. The molecule has 1 aromatic carbocycles. The van der Waals surface area contributed by atoms with Crippen molar-refractivity contribution in [2.75, 3.05) is 0 Å². The summed E-state index contributed by atoms with van der Waals surface area (Å²) in [7, 11) is 0. The van der Waals surface area contributed by atoms with Gasteiger partial charge in [-0.2, -0.15) is 0 Å². The molecule has 1 nitrogen and oxygen atoms in total. The summed E-state index contributed by atoms with van der Waals surface area (Å²) in [5.74, 6) is 0.504. The first-order valence-corrected chi connectivity index (χ1v) is 4.91. The molecule has 0 fully saturated rings. The van der Waals surface area contributed by atoms with Gasteiger partial charge in [0, 0.05) is 5.02 Å². The number of hydrogen-bond donors (Lipinski definition) is 0. The zero-order chi connectivity index (χ0) is 10.1. The van der Waals surface area contributed by atoms with E-state index in [1.807, 2.05) is 6.92 Å². The maximum absolute atomic E-state index is 5.73. The summed E-state index contributed by atoms with van der Waals surface area (Å²) in [5.41, 5.74) is 0.818. The van der Waals surface area contributed by atoms with Crippen LogP contribution in [0.5, 0.6) is 5.75 Å². The lowest BCUT2D eigenvalue weighted by molar-refractivity contribution is 0.318. The quantitative estimate of drug-likeness (QED) is 0.682. The zero-order valence-corrected chi connectivity index (χ0v) is 9.68. The molecule has 0 unspecified atom stereocenters. The summed E-state index contributed by atoms with van der Waals surface area (Å²) in [6.07, 6.45) is 0. The van der Waals surface area contributed by atoms with Crippen LogP contribution in [0.25, 0.3) is 0 Å². The molecular weight excluding hydrogens is 254 g/mol. The van der Waals surface area contributed by atoms with Crippen LogP contribution < -0.4 is 4.74 Å². The number of aryl methyl sites for hydroxylation is 1. The Balaban J connectivity index is 2.90. The van der Waals surface area contributed by atoms with Gasteiger partial charge in [-0.05, 0) is 65.5 Å². The molecule has 0 N–H and O–H groups in total. The second kappa shape index (κ2) is 4.14. The van der Waals surface area contributed by atoms with E-state index < -0.39 is 3.98 Å². The van der Waals surface area contributed by atoms with Gasteiger partial charge in [-0.25, -0.2) is 0 Å². The normalized spacial score (nSPS) is 11.5. The summed E-state index contributed by atoms with van der Waals surface area (Å²) in [6, 6.07) is 5.05. The number of alkyl halides is 3. The fourth-order valence-electron chi connectivity index (χ4n) is 0.852. The van der Waals surface area contributed by atoms with Gasteiger partial charge in [-0.1, -0.05) is 11.6 Å². The topological polar surface area (TPSA) is 9.23 Å². The minimum Gasteiger partial charge on any atom is -0.445 e. The van der Waals surface area contributed by atoms with Crippen LogP contribution in [0.3, 0.4) is 0 Å². The molecule has 0 aliphatic carbocycles. The fourth-order valence-corrected chi connectivity index (χ4v) is 1.33. The predicted octanol–water partition coefficient (Wildman–Crippen LogP) is 4.35. The van der Waals surface area contributed by atoms with E-state index in [0.717, 1.165) is 5.56 Å². The highest BCUT2D eigenvalue weighted by Gasteiger charge is 2.22. The Hall–Kier alpha value is 0.180. The van der Waals surface area contributed by atoms with Gasteiger partial charge in [0.15, 0.2) is 0 Å². The van der Waals surface area contributed by atoms with Crippen molar-refractivity contribution < 1.29 is 4.74 Å². The summed E-state index contributed by atoms with van der Waals surface area (Å²) in [5, 5.41) is 0.620. The molecule has 72 valence electrons. The van der Waals surface area contributed by atoms with Crippen LogP contribution in [0, 0.1) is 6.92 Å². The molecule has 1 aromatic rings. The molecular formula is C8H6Cl4O. The minimum atomic E-state index is -1.74. The second-order valence-corrected chi connectivity index (χ2v) is 5.07. The molecule has 0 amide bonds. The first kappa shape index (κ1) is 11.3.